The Hall–Kier alpha value is -0.570. The van der Waals surface area contributed by atoms with Crippen LogP contribution in [0.15, 0.2) is 0 Å². The number of carboxylic acids is 1. The molecule has 0 atom stereocenters. The summed E-state index contributed by atoms with van der Waals surface area (Å²) in [6.45, 7) is 5.35. The van der Waals surface area contributed by atoms with Gasteiger partial charge in [0.2, 0.25) is 0 Å². The lowest BCUT2D eigenvalue weighted by Gasteiger charge is -2.01. The molecular formula is C24H51NO2. The van der Waals surface area contributed by atoms with Gasteiger partial charge in [0.25, 0.3) is 0 Å². The van der Waals surface area contributed by atoms with Crippen LogP contribution in [0.4, 0.5) is 0 Å². The van der Waals surface area contributed by atoms with Crippen molar-refractivity contribution in [1.82, 2.24) is 0 Å². The standard InChI is InChI=1S/C14H31N.C10H20O2/c1-2-3-4-5-6-7-8-9-10-11-12-13-14-15;1-2-3-4-5-6-7-8-9-10(11)12/h2-15H2,1H3;2-9H2,1H3,(H,11,12). The van der Waals surface area contributed by atoms with Gasteiger partial charge in [0.15, 0.2) is 0 Å². The lowest BCUT2D eigenvalue weighted by Crippen LogP contribution is -1.97. The first-order chi connectivity index (χ1) is 13.2. The second-order valence-corrected chi connectivity index (χ2v) is 7.94. The summed E-state index contributed by atoms with van der Waals surface area (Å²) in [4.78, 5) is 10.1. The second kappa shape index (κ2) is 27.6. The molecule has 3 N–H and O–H groups in total. The highest BCUT2D eigenvalue weighted by atomic mass is 16.4. The summed E-state index contributed by atoms with van der Waals surface area (Å²) in [6, 6.07) is 0. The average Bonchev–Trinajstić information content (AvgIpc) is 2.66. The molecule has 0 aliphatic carbocycles. The van der Waals surface area contributed by atoms with Gasteiger partial charge >= 0.3 is 5.97 Å². The van der Waals surface area contributed by atoms with E-state index in [1.165, 1.54) is 109 Å². The number of carbonyl (C=O) groups is 1. The van der Waals surface area contributed by atoms with Crippen molar-refractivity contribution in [2.75, 3.05) is 6.54 Å². The van der Waals surface area contributed by atoms with Gasteiger partial charge in [-0.05, 0) is 19.4 Å². The molecule has 0 radical (unpaired) electrons. The van der Waals surface area contributed by atoms with Crippen molar-refractivity contribution in [2.24, 2.45) is 5.73 Å². The molecule has 3 nitrogen and oxygen atoms in total. The SMILES string of the molecule is CCCCCCCCCC(=O)O.CCCCCCCCCCCCCCN. The molecule has 0 aromatic heterocycles. The van der Waals surface area contributed by atoms with E-state index in [4.69, 9.17) is 10.8 Å². The Bertz CT molecular complexity index is 257. The molecule has 0 aliphatic heterocycles. The number of rotatable bonds is 20. The Morgan fingerprint density at radius 2 is 0.852 bits per heavy atom. The van der Waals surface area contributed by atoms with E-state index in [-0.39, 0.29) is 0 Å². The van der Waals surface area contributed by atoms with E-state index < -0.39 is 5.97 Å². The zero-order valence-corrected chi connectivity index (χ0v) is 18.8. The van der Waals surface area contributed by atoms with E-state index in [0.717, 1.165) is 19.4 Å². The molecule has 0 aromatic rings. The molecular weight excluding hydrogens is 334 g/mol. The highest BCUT2D eigenvalue weighted by molar-refractivity contribution is 5.66. The van der Waals surface area contributed by atoms with Gasteiger partial charge in [-0.2, -0.15) is 0 Å². The molecule has 0 spiro atoms. The molecule has 0 unspecified atom stereocenters. The summed E-state index contributed by atoms with van der Waals surface area (Å²) < 4.78 is 0. The van der Waals surface area contributed by atoms with Gasteiger partial charge in [-0.15, -0.1) is 0 Å². The van der Waals surface area contributed by atoms with Gasteiger partial charge in [0.1, 0.15) is 0 Å². The van der Waals surface area contributed by atoms with Crippen LogP contribution < -0.4 is 5.73 Å². The van der Waals surface area contributed by atoms with Crippen molar-refractivity contribution in [2.45, 2.75) is 142 Å². The maximum atomic E-state index is 10.1. The Morgan fingerprint density at radius 1 is 0.556 bits per heavy atom. The van der Waals surface area contributed by atoms with Crippen LogP contribution in [0.5, 0.6) is 0 Å². The van der Waals surface area contributed by atoms with Crippen molar-refractivity contribution in [3.8, 4) is 0 Å². The molecule has 0 bridgehead atoms. The quantitative estimate of drug-likeness (QED) is 0.210. The Morgan fingerprint density at radius 3 is 1.15 bits per heavy atom. The smallest absolute Gasteiger partial charge is 0.303 e. The molecule has 0 fully saturated rings. The monoisotopic (exact) mass is 385 g/mol. The molecule has 0 saturated carbocycles. The van der Waals surface area contributed by atoms with Crippen LogP contribution in [0.1, 0.15) is 142 Å². The van der Waals surface area contributed by atoms with E-state index in [9.17, 15) is 4.79 Å². The maximum Gasteiger partial charge on any atom is 0.303 e. The molecule has 0 aliphatic rings. The Balaban J connectivity index is 0. The Kier molecular flexibility index (Phi) is 29.3. The van der Waals surface area contributed by atoms with Crippen molar-refractivity contribution < 1.29 is 9.90 Å². The highest BCUT2D eigenvalue weighted by Crippen LogP contribution is 2.11. The summed E-state index contributed by atoms with van der Waals surface area (Å²) >= 11 is 0. The molecule has 164 valence electrons. The minimum atomic E-state index is -0.663. The number of hydrogen-bond acceptors (Lipinski definition) is 2. The lowest BCUT2D eigenvalue weighted by molar-refractivity contribution is -0.137. The van der Waals surface area contributed by atoms with E-state index in [1.807, 2.05) is 0 Å². The third-order valence-corrected chi connectivity index (χ3v) is 5.05. The van der Waals surface area contributed by atoms with Crippen LogP contribution in [-0.2, 0) is 4.79 Å². The molecule has 0 aromatic carbocycles. The van der Waals surface area contributed by atoms with Crippen LogP contribution >= 0.6 is 0 Å². The van der Waals surface area contributed by atoms with Gasteiger partial charge in [-0.25, -0.2) is 0 Å². The van der Waals surface area contributed by atoms with Crippen LogP contribution in [0.25, 0.3) is 0 Å². The lowest BCUT2D eigenvalue weighted by atomic mass is 10.1. The number of unbranched alkanes of at least 4 members (excludes halogenated alkanes) is 17. The van der Waals surface area contributed by atoms with Crippen molar-refractivity contribution in [3.05, 3.63) is 0 Å². The number of nitrogens with two attached hydrogens (primary N) is 1. The zero-order chi connectivity index (χ0) is 20.4. The first-order valence-corrected chi connectivity index (χ1v) is 12.1. The zero-order valence-electron chi connectivity index (χ0n) is 18.8. The average molecular weight is 386 g/mol. The fourth-order valence-corrected chi connectivity index (χ4v) is 3.22. The predicted molar refractivity (Wildman–Crippen MR) is 120 cm³/mol. The third kappa shape index (κ3) is 33.4. The Labute approximate surface area is 170 Å². The van der Waals surface area contributed by atoms with Crippen LogP contribution in [0.3, 0.4) is 0 Å². The second-order valence-electron chi connectivity index (χ2n) is 7.94. The van der Waals surface area contributed by atoms with Gasteiger partial charge < -0.3 is 10.8 Å². The number of carboxylic acid groups (broad SMARTS) is 1. The van der Waals surface area contributed by atoms with E-state index in [2.05, 4.69) is 13.8 Å². The molecule has 0 heterocycles. The van der Waals surface area contributed by atoms with Gasteiger partial charge in [-0.3, -0.25) is 4.79 Å². The van der Waals surface area contributed by atoms with Crippen molar-refractivity contribution in [1.29, 1.82) is 0 Å². The summed E-state index contributed by atoms with van der Waals surface area (Å²) in [5, 5.41) is 8.35. The first kappa shape index (κ1) is 28.6. The molecule has 0 amide bonds. The molecule has 0 rings (SSSR count). The van der Waals surface area contributed by atoms with Crippen LogP contribution in [0.2, 0.25) is 0 Å². The first-order valence-electron chi connectivity index (χ1n) is 12.1. The highest BCUT2D eigenvalue weighted by Gasteiger charge is 1.95. The fourth-order valence-electron chi connectivity index (χ4n) is 3.22. The molecule has 3 heteroatoms. The van der Waals surface area contributed by atoms with Crippen LogP contribution in [-0.4, -0.2) is 17.6 Å². The summed E-state index contributed by atoms with van der Waals surface area (Å²) in [6.07, 6.45) is 25.5. The minimum absolute atomic E-state index is 0.341. The molecule has 27 heavy (non-hydrogen) atoms. The minimum Gasteiger partial charge on any atom is -0.481 e. The van der Waals surface area contributed by atoms with Gasteiger partial charge in [0, 0.05) is 6.42 Å². The van der Waals surface area contributed by atoms with E-state index in [1.54, 1.807) is 0 Å². The van der Waals surface area contributed by atoms with Gasteiger partial charge in [-0.1, -0.05) is 123 Å². The molecule has 0 saturated heterocycles. The topological polar surface area (TPSA) is 63.3 Å². The maximum absolute atomic E-state index is 10.1. The van der Waals surface area contributed by atoms with E-state index in [0.29, 0.717) is 6.42 Å². The predicted octanol–water partition coefficient (Wildman–Crippen LogP) is 7.86. The fraction of sp³-hybridized carbons (Fsp3) is 0.958. The van der Waals surface area contributed by atoms with Crippen molar-refractivity contribution in [3.63, 3.8) is 0 Å². The summed E-state index contributed by atoms with van der Waals surface area (Å²) in [5.74, 6) is -0.663. The van der Waals surface area contributed by atoms with E-state index >= 15 is 0 Å². The van der Waals surface area contributed by atoms with Gasteiger partial charge in [0.05, 0.1) is 0 Å². The van der Waals surface area contributed by atoms with Crippen LogP contribution in [0, 0.1) is 0 Å². The number of aliphatic carboxylic acids is 1. The largest absolute Gasteiger partial charge is 0.481 e. The number of hydrogen-bond donors (Lipinski definition) is 2. The third-order valence-electron chi connectivity index (χ3n) is 5.05. The summed E-state index contributed by atoms with van der Waals surface area (Å²) in [5.41, 5.74) is 5.45. The van der Waals surface area contributed by atoms with Crippen molar-refractivity contribution >= 4 is 5.97 Å². The normalized spacial score (nSPS) is 10.5. The summed E-state index contributed by atoms with van der Waals surface area (Å²) in [7, 11) is 0.